The molecule has 0 bridgehead atoms. The monoisotopic (exact) mass is 267 g/mol. The van der Waals surface area contributed by atoms with Gasteiger partial charge in [-0.2, -0.15) is 0 Å². The van der Waals surface area contributed by atoms with Gasteiger partial charge in [0.25, 0.3) is 0 Å². The minimum atomic E-state index is 0.384. The maximum absolute atomic E-state index is 9.74. The molecule has 3 rings (SSSR count). The van der Waals surface area contributed by atoms with Crippen molar-refractivity contribution < 1.29 is 5.11 Å². The van der Waals surface area contributed by atoms with Crippen molar-refractivity contribution in [3.05, 3.63) is 65.2 Å². The van der Waals surface area contributed by atoms with Crippen LogP contribution in [0.3, 0.4) is 0 Å². The van der Waals surface area contributed by atoms with Crippen LogP contribution in [0.4, 0.5) is 0 Å². The number of hydrogen-bond acceptors (Lipinski definition) is 2. The Morgan fingerprint density at radius 3 is 2.50 bits per heavy atom. The molecule has 0 saturated heterocycles. The highest BCUT2D eigenvalue weighted by molar-refractivity contribution is 5.33. The first kappa shape index (κ1) is 13.2. The van der Waals surface area contributed by atoms with E-state index >= 15 is 0 Å². The van der Waals surface area contributed by atoms with E-state index in [4.69, 9.17) is 0 Å². The van der Waals surface area contributed by atoms with Crippen LogP contribution >= 0.6 is 0 Å². The summed E-state index contributed by atoms with van der Waals surface area (Å²) >= 11 is 0. The van der Waals surface area contributed by atoms with E-state index in [-0.39, 0.29) is 0 Å². The van der Waals surface area contributed by atoms with Gasteiger partial charge < -0.3 is 10.4 Å². The van der Waals surface area contributed by atoms with Crippen LogP contribution in [0.15, 0.2) is 48.5 Å². The summed E-state index contributed by atoms with van der Waals surface area (Å²) in [5, 5.41) is 13.3. The third-order valence-corrected chi connectivity index (χ3v) is 4.34. The van der Waals surface area contributed by atoms with Gasteiger partial charge in [-0.1, -0.05) is 42.5 Å². The molecule has 2 N–H and O–H groups in total. The van der Waals surface area contributed by atoms with E-state index in [2.05, 4.69) is 36.5 Å². The highest BCUT2D eigenvalue weighted by atomic mass is 16.3. The Kier molecular flexibility index (Phi) is 3.75. The summed E-state index contributed by atoms with van der Waals surface area (Å²) in [5.74, 6) is 1.08. The summed E-state index contributed by atoms with van der Waals surface area (Å²) in [4.78, 5) is 0. The van der Waals surface area contributed by atoms with Crippen molar-refractivity contribution in [1.82, 2.24) is 5.32 Å². The van der Waals surface area contributed by atoms with Gasteiger partial charge in [0, 0.05) is 18.2 Å². The summed E-state index contributed by atoms with van der Waals surface area (Å²) in [6.45, 7) is 2.94. The van der Waals surface area contributed by atoms with E-state index in [1.54, 1.807) is 6.07 Å². The molecule has 20 heavy (non-hydrogen) atoms. The highest BCUT2D eigenvalue weighted by Gasteiger charge is 2.30. The van der Waals surface area contributed by atoms with Gasteiger partial charge in [-0.15, -0.1) is 0 Å². The minimum absolute atomic E-state index is 0.384. The van der Waals surface area contributed by atoms with Gasteiger partial charge in [-0.3, -0.25) is 0 Å². The third-order valence-electron chi connectivity index (χ3n) is 4.34. The standard InChI is InChI=1S/C18H21NO/c1-13-6-2-4-8-17(13)15-10-16(11-15)19-12-14-7-3-5-9-18(14)20/h2-9,15-16,19-20H,10-12H2,1H3. The molecule has 2 aromatic carbocycles. The molecule has 0 atom stereocenters. The second-order valence-corrected chi connectivity index (χ2v) is 5.73. The van der Waals surface area contributed by atoms with E-state index in [1.165, 1.54) is 24.0 Å². The van der Waals surface area contributed by atoms with Gasteiger partial charge in [0.05, 0.1) is 0 Å². The van der Waals surface area contributed by atoms with Crippen molar-refractivity contribution in [2.75, 3.05) is 0 Å². The Balaban J connectivity index is 1.52. The fourth-order valence-corrected chi connectivity index (χ4v) is 3.00. The molecule has 1 aliphatic carbocycles. The van der Waals surface area contributed by atoms with E-state index in [9.17, 15) is 5.11 Å². The number of phenolic OH excluding ortho intramolecular Hbond substituents is 1. The largest absolute Gasteiger partial charge is 0.508 e. The van der Waals surface area contributed by atoms with Crippen molar-refractivity contribution in [2.45, 2.75) is 38.3 Å². The Bertz CT molecular complexity index is 585. The second kappa shape index (κ2) is 5.68. The number of phenols is 1. The molecule has 0 aromatic heterocycles. The van der Waals surface area contributed by atoms with E-state index in [0.717, 1.165) is 12.1 Å². The zero-order chi connectivity index (χ0) is 13.9. The fraction of sp³-hybridized carbons (Fsp3) is 0.333. The van der Waals surface area contributed by atoms with Crippen LogP contribution in [0.1, 0.15) is 35.4 Å². The Labute approximate surface area is 120 Å². The first-order chi connectivity index (χ1) is 9.74. The van der Waals surface area contributed by atoms with Crippen LogP contribution in [0.5, 0.6) is 5.75 Å². The summed E-state index contributed by atoms with van der Waals surface area (Å²) in [5.41, 5.74) is 3.87. The Morgan fingerprint density at radius 2 is 1.75 bits per heavy atom. The van der Waals surface area contributed by atoms with Crippen molar-refractivity contribution in [3.63, 3.8) is 0 Å². The Hall–Kier alpha value is -1.80. The zero-order valence-corrected chi connectivity index (χ0v) is 11.8. The second-order valence-electron chi connectivity index (χ2n) is 5.73. The van der Waals surface area contributed by atoms with Gasteiger partial charge in [-0.25, -0.2) is 0 Å². The summed E-state index contributed by atoms with van der Waals surface area (Å²) < 4.78 is 0. The highest BCUT2D eigenvalue weighted by Crippen LogP contribution is 2.38. The van der Waals surface area contributed by atoms with Crippen molar-refractivity contribution in [3.8, 4) is 5.75 Å². The zero-order valence-electron chi connectivity index (χ0n) is 11.8. The molecule has 0 heterocycles. The molecule has 0 unspecified atom stereocenters. The first-order valence-electron chi connectivity index (χ1n) is 7.30. The van der Waals surface area contributed by atoms with Crippen LogP contribution < -0.4 is 5.32 Å². The quantitative estimate of drug-likeness (QED) is 0.884. The summed E-state index contributed by atoms with van der Waals surface area (Å²) in [7, 11) is 0. The van der Waals surface area contributed by atoms with Crippen LogP contribution in [0.2, 0.25) is 0 Å². The molecule has 0 radical (unpaired) electrons. The molecule has 0 aliphatic heterocycles. The third kappa shape index (κ3) is 2.70. The van der Waals surface area contributed by atoms with Crippen molar-refractivity contribution in [2.24, 2.45) is 0 Å². The number of aromatic hydroxyl groups is 1. The number of nitrogens with one attached hydrogen (secondary N) is 1. The summed E-state index contributed by atoms with van der Waals surface area (Å²) in [6, 6.07) is 16.8. The van der Waals surface area contributed by atoms with E-state index < -0.39 is 0 Å². The SMILES string of the molecule is Cc1ccccc1C1CC(NCc2ccccc2O)C1. The topological polar surface area (TPSA) is 32.3 Å². The fourth-order valence-electron chi connectivity index (χ4n) is 3.00. The predicted octanol–water partition coefficient (Wildman–Crippen LogP) is 3.74. The molecule has 0 amide bonds. The van der Waals surface area contributed by atoms with Crippen molar-refractivity contribution >= 4 is 0 Å². The normalized spacial score (nSPS) is 21.4. The predicted molar refractivity (Wildman–Crippen MR) is 81.9 cm³/mol. The molecule has 104 valence electrons. The van der Waals surface area contributed by atoms with Gasteiger partial charge in [0.1, 0.15) is 5.75 Å². The average molecular weight is 267 g/mol. The van der Waals surface area contributed by atoms with E-state index in [1.807, 2.05) is 18.2 Å². The molecule has 2 heteroatoms. The number of hydrogen-bond donors (Lipinski definition) is 2. The van der Waals surface area contributed by atoms with E-state index in [0.29, 0.717) is 17.7 Å². The van der Waals surface area contributed by atoms with Gasteiger partial charge in [0.2, 0.25) is 0 Å². The molecule has 1 aliphatic rings. The van der Waals surface area contributed by atoms with Gasteiger partial charge in [-0.05, 0) is 42.9 Å². The van der Waals surface area contributed by atoms with Crippen LogP contribution in [-0.4, -0.2) is 11.1 Å². The smallest absolute Gasteiger partial charge is 0.120 e. The molecular weight excluding hydrogens is 246 g/mol. The van der Waals surface area contributed by atoms with Crippen LogP contribution in [0, 0.1) is 6.92 Å². The molecule has 2 aromatic rings. The lowest BCUT2D eigenvalue weighted by Crippen LogP contribution is -2.39. The van der Waals surface area contributed by atoms with Crippen LogP contribution in [-0.2, 0) is 6.54 Å². The first-order valence-corrected chi connectivity index (χ1v) is 7.30. The molecule has 2 nitrogen and oxygen atoms in total. The van der Waals surface area contributed by atoms with Crippen LogP contribution in [0.25, 0.3) is 0 Å². The molecular formula is C18H21NO. The minimum Gasteiger partial charge on any atom is -0.508 e. The van der Waals surface area contributed by atoms with Crippen molar-refractivity contribution in [1.29, 1.82) is 0 Å². The Morgan fingerprint density at radius 1 is 1.05 bits per heavy atom. The number of benzene rings is 2. The van der Waals surface area contributed by atoms with Gasteiger partial charge in [0.15, 0.2) is 0 Å². The molecule has 0 spiro atoms. The maximum atomic E-state index is 9.74. The van der Waals surface area contributed by atoms with Gasteiger partial charge >= 0.3 is 0 Å². The molecule has 1 saturated carbocycles. The maximum Gasteiger partial charge on any atom is 0.120 e. The number of aryl methyl sites for hydroxylation is 1. The lowest BCUT2D eigenvalue weighted by atomic mass is 9.74. The summed E-state index contributed by atoms with van der Waals surface area (Å²) in [6.07, 6.45) is 2.39. The number of rotatable bonds is 4. The lowest BCUT2D eigenvalue weighted by molar-refractivity contribution is 0.287. The molecule has 1 fully saturated rings. The number of para-hydroxylation sites is 1. The lowest BCUT2D eigenvalue weighted by Gasteiger charge is -2.37. The average Bonchev–Trinajstić information content (AvgIpc) is 2.41.